The summed E-state index contributed by atoms with van der Waals surface area (Å²) in [6.07, 6.45) is -2.23. The lowest BCUT2D eigenvalue weighted by Crippen LogP contribution is -2.52. The summed E-state index contributed by atoms with van der Waals surface area (Å²) in [4.78, 5) is 81.2. The van der Waals surface area contributed by atoms with Gasteiger partial charge in [0.2, 0.25) is 23.6 Å². The number of nitrogens with two attached hydrogens (primary N) is 1. The Morgan fingerprint density at radius 3 is 1.86 bits per heavy atom. The lowest BCUT2D eigenvalue weighted by molar-refractivity contribution is -0.143. The maximum absolute atomic E-state index is 12.4. The van der Waals surface area contributed by atoms with Gasteiger partial charge in [-0.3, -0.25) is 28.8 Å². The zero-order chi connectivity index (χ0) is 28.0. The van der Waals surface area contributed by atoms with Crippen molar-refractivity contribution >= 4 is 41.5 Å². The Bertz CT molecular complexity index is 833. The van der Waals surface area contributed by atoms with Crippen LogP contribution in [0.15, 0.2) is 0 Å². The average molecular weight is 520 g/mol. The molecule has 0 aromatic carbocycles. The largest absolute Gasteiger partial charge is 0.480 e. The molecule has 0 bridgehead atoms. The van der Waals surface area contributed by atoms with Crippen LogP contribution < -0.4 is 27.0 Å². The van der Waals surface area contributed by atoms with Gasteiger partial charge < -0.3 is 47.4 Å². The van der Waals surface area contributed by atoms with E-state index in [0.29, 0.717) is 0 Å². The Hall–Kier alpha value is -3.79. The van der Waals surface area contributed by atoms with E-state index in [4.69, 9.17) is 15.9 Å². The van der Waals surface area contributed by atoms with Gasteiger partial charge in [-0.1, -0.05) is 0 Å². The zero-order valence-electron chi connectivity index (χ0n) is 19.9. The summed E-state index contributed by atoms with van der Waals surface area (Å²) in [5.74, 6) is -7.42. The number of nitrogens with one attached hydrogen (secondary N) is 4. The van der Waals surface area contributed by atoms with E-state index >= 15 is 0 Å². The van der Waals surface area contributed by atoms with Gasteiger partial charge in [-0.05, 0) is 39.5 Å². The van der Waals surface area contributed by atoms with E-state index in [0.717, 1.165) is 0 Å². The maximum atomic E-state index is 12.4. The van der Waals surface area contributed by atoms with Crippen molar-refractivity contribution in [3.8, 4) is 0 Å². The quantitative estimate of drug-likeness (QED) is 0.0905. The lowest BCUT2D eigenvalue weighted by atomic mass is 10.0. The normalized spacial score (nSPS) is 14.8. The van der Waals surface area contributed by atoms with Gasteiger partial charge in [0.05, 0.1) is 0 Å². The fourth-order valence-corrected chi connectivity index (χ4v) is 2.72. The van der Waals surface area contributed by atoms with Gasteiger partial charge in [0.1, 0.15) is 36.8 Å². The minimum absolute atomic E-state index is 0.0230. The van der Waals surface area contributed by atoms with Crippen molar-refractivity contribution in [1.82, 2.24) is 21.3 Å². The zero-order valence-corrected chi connectivity index (χ0v) is 19.9. The van der Waals surface area contributed by atoms with Crippen LogP contribution >= 0.6 is 0 Å². The highest BCUT2D eigenvalue weighted by atomic mass is 16.4. The molecule has 36 heavy (non-hydrogen) atoms. The summed E-state index contributed by atoms with van der Waals surface area (Å²) in [6, 6.07) is -5.15. The van der Waals surface area contributed by atoms with Crippen molar-refractivity contribution in [2.45, 2.75) is 76.2 Å². The van der Waals surface area contributed by atoms with E-state index in [2.05, 4.69) is 21.3 Å². The van der Waals surface area contributed by atoms with Crippen molar-refractivity contribution in [2.75, 3.05) is 6.54 Å². The summed E-state index contributed by atoms with van der Waals surface area (Å²) in [7, 11) is 0. The summed E-state index contributed by atoms with van der Waals surface area (Å²) >= 11 is 0. The van der Waals surface area contributed by atoms with E-state index in [1.807, 2.05) is 0 Å². The van der Waals surface area contributed by atoms with E-state index in [1.54, 1.807) is 0 Å². The predicted molar refractivity (Wildman–Crippen MR) is 120 cm³/mol. The monoisotopic (exact) mass is 519 g/mol. The molecule has 1 unspecified atom stereocenters. The van der Waals surface area contributed by atoms with Crippen LogP contribution in [0.1, 0.15) is 46.0 Å². The number of carbonyl (C=O) groups is 7. The van der Waals surface area contributed by atoms with E-state index in [-0.39, 0.29) is 19.3 Å². The van der Waals surface area contributed by atoms with E-state index < -0.39 is 91.2 Å². The number of carboxylic acid groups (broad SMARTS) is 3. The maximum Gasteiger partial charge on any atom is 0.326 e. The van der Waals surface area contributed by atoms with Crippen molar-refractivity contribution in [1.29, 1.82) is 0 Å². The first kappa shape index (κ1) is 32.2. The van der Waals surface area contributed by atoms with Crippen molar-refractivity contribution in [2.24, 2.45) is 5.73 Å². The molecule has 0 rings (SSSR count). The van der Waals surface area contributed by atoms with Crippen LogP contribution in [0.5, 0.6) is 0 Å². The topological polar surface area (TPSA) is 275 Å². The third kappa shape index (κ3) is 13.2. The third-order valence-electron chi connectivity index (χ3n) is 4.80. The SMILES string of the molecule is C[C@H](NC(=O)[C@@H](C)O)C(=O)N[C@@H](CCC(=O)NC(CCC[C@@H](N)C(=O)O)C(=O)NCC(=O)O)C(=O)O. The van der Waals surface area contributed by atoms with Gasteiger partial charge in [-0.15, -0.1) is 0 Å². The number of amides is 4. The summed E-state index contributed by atoms with van der Waals surface area (Å²) in [6.45, 7) is 1.71. The molecule has 0 saturated heterocycles. The number of aliphatic hydroxyl groups is 1. The molecule has 0 fully saturated rings. The molecule has 5 atom stereocenters. The molecule has 0 aromatic heterocycles. The van der Waals surface area contributed by atoms with Crippen LogP contribution in [0, 0.1) is 0 Å². The van der Waals surface area contributed by atoms with E-state index in [1.165, 1.54) is 13.8 Å². The van der Waals surface area contributed by atoms with Crippen molar-refractivity contribution in [3.63, 3.8) is 0 Å². The standard InChI is InChI=1S/C20H33N5O11/c1-9(23-17(31)10(2)26)16(30)25-13(20(35)36)6-7-14(27)24-12(18(32)22-8-15(28)29)5-3-4-11(21)19(33)34/h9-13,26H,3-8,21H2,1-2H3,(H,22,32)(H,23,31)(H,24,27)(H,25,30)(H,28,29)(H,33,34)(H,35,36)/t9-,10+,11+,12?,13-/m0/s1. The molecule has 16 heteroatoms. The first-order chi connectivity index (χ1) is 16.6. The molecular formula is C20H33N5O11. The Kier molecular flexibility index (Phi) is 14.3. The Morgan fingerprint density at radius 2 is 1.36 bits per heavy atom. The molecule has 0 spiro atoms. The van der Waals surface area contributed by atoms with Crippen LogP contribution in [0.25, 0.3) is 0 Å². The fourth-order valence-electron chi connectivity index (χ4n) is 2.72. The number of aliphatic hydroxyl groups excluding tert-OH is 1. The number of hydrogen-bond acceptors (Lipinski definition) is 9. The first-order valence-corrected chi connectivity index (χ1v) is 10.9. The molecule has 0 heterocycles. The molecule has 0 aliphatic rings. The highest BCUT2D eigenvalue weighted by Gasteiger charge is 2.27. The van der Waals surface area contributed by atoms with Crippen LogP contribution in [-0.2, 0) is 33.6 Å². The number of rotatable bonds is 17. The molecular weight excluding hydrogens is 486 g/mol. The fraction of sp³-hybridized carbons (Fsp3) is 0.650. The van der Waals surface area contributed by atoms with Gasteiger partial charge >= 0.3 is 17.9 Å². The minimum atomic E-state index is -1.53. The number of carboxylic acids is 3. The molecule has 0 aromatic rings. The minimum Gasteiger partial charge on any atom is -0.480 e. The van der Waals surface area contributed by atoms with Crippen LogP contribution in [-0.4, -0.2) is 98.8 Å². The molecule has 0 aliphatic carbocycles. The summed E-state index contributed by atoms with van der Waals surface area (Å²) in [5.41, 5.74) is 5.40. The molecule has 4 amide bonds. The van der Waals surface area contributed by atoms with Gasteiger partial charge in [0, 0.05) is 6.42 Å². The second kappa shape index (κ2) is 16.0. The highest BCUT2D eigenvalue weighted by molar-refractivity contribution is 5.92. The molecule has 0 aliphatic heterocycles. The first-order valence-electron chi connectivity index (χ1n) is 10.9. The number of carbonyl (C=O) groups excluding carboxylic acids is 4. The van der Waals surface area contributed by atoms with Crippen molar-refractivity contribution in [3.05, 3.63) is 0 Å². The molecule has 204 valence electrons. The third-order valence-corrected chi connectivity index (χ3v) is 4.80. The predicted octanol–water partition coefficient (Wildman–Crippen LogP) is -3.51. The lowest BCUT2D eigenvalue weighted by Gasteiger charge is -2.21. The van der Waals surface area contributed by atoms with Crippen molar-refractivity contribution < 1.29 is 54.0 Å². The van der Waals surface area contributed by atoms with E-state index in [9.17, 15) is 43.8 Å². The highest BCUT2D eigenvalue weighted by Crippen LogP contribution is 2.06. The molecule has 10 N–H and O–H groups in total. The average Bonchev–Trinajstić information content (AvgIpc) is 2.78. The van der Waals surface area contributed by atoms with Gasteiger partial charge in [-0.25, -0.2) is 4.79 Å². The summed E-state index contributed by atoms with van der Waals surface area (Å²) < 4.78 is 0. The van der Waals surface area contributed by atoms with Gasteiger partial charge in [-0.2, -0.15) is 0 Å². The Morgan fingerprint density at radius 1 is 0.750 bits per heavy atom. The Labute approximate surface area is 206 Å². The van der Waals surface area contributed by atoms with Gasteiger partial charge in [0.25, 0.3) is 0 Å². The summed E-state index contributed by atoms with van der Waals surface area (Å²) in [5, 5.41) is 44.8. The van der Waals surface area contributed by atoms with Crippen LogP contribution in [0.3, 0.4) is 0 Å². The second-order valence-electron chi connectivity index (χ2n) is 7.95. The molecule has 0 radical (unpaired) electrons. The number of hydrogen-bond donors (Lipinski definition) is 9. The molecule has 0 saturated carbocycles. The smallest absolute Gasteiger partial charge is 0.326 e. The van der Waals surface area contributed by atoms with Crippen LogP contribution in [0.4, 0.5) is 0 Å². The van der Waals surface area contributed by atoms with Gasteiger partial charge in [0.15, 0.2) is 0 Å². The molecule has 16 nitrogen and oxygen atoms in total. The van der Waals surface area contributed by atoms with Crippen LogP contribution in [0.2, 0.25) is 0 Å². The number of aliphatic carboxylic acids is 3. The second-order valence-corrected chi connectivity index (χ2v) is 7.95. The Balaban J connectivity index is 5.04.